The van der Waals surface area contributed by atoms with Crippen LogP contribution in [-0.2, 0) is 16.6 Å². The molecule has 0 atom stereocenters. The molecular formula is C18H17ClN2O2S2. The third-order valence-electron chi connectivity index (χ3n) is 3.81. The average Bonchev–Trinajstić information content (AvgIpc) is 3.06. The van der Waals surface area contributed by atoms with Crippen molar-refractivity contribution in [2.45, 2.75) is 10.8 Å². The molecule has 0 aliphatic carbocycles. The third-order valence-corrected chi connectivity index (χ3v) is 6.57. The van der Waals surface area contributed by atoms with Gasteiger partial charge < -0.3 is 5.32 Å². The lowest BCUT2D eigenvalue weighted by atomic mass is 9.94. The molecular weight excluding hydrogens is 376 g/mol. The second-order valence-corrected chi connectivity index (χ2v) is 8.64. The number of halogens is 1. The quantitative estimate of drug-likeness (QED) is 0.686. The van der Waals surface area contributed by atoms with Crippen LogP contribution in [0.3, 0.4) is 0 Å². The van der Waals surface area contributed by atoms with Gasteiger partial charge in [0.2, 0.25) is 10.0 Å². The first-order chi connectivity index (χ1) is 11.9. The van der Waals surface area contributed by atoms with Crippen molar-refractivity contribution in [3.05, 3.63) is 64.5 Å². The Morgan fingerprint density at radius 1 is 1.04 bits per heavy atom. The zero-order valence-corrected chi connectivity index (χ0v) is 15.9. The second kappa shape index (κ2) is 7.27. The van der Waals surface area contributed by atoms with Gasteiger partial charge >= 0.3 is 0 Å². The third kappa shape index (κ3) is 3.78. The predicted molar refractivity (Wildman–Crippen MR) is 104 cm³/mol. The Labute approximate surface area is 156 Å². The summed E-state index contributed by atoms with van der Waals surface area (Å²) < 4.78 is 24.1. The largest absolute Gasteiger partial charge is 0.316 e. The molecule has 4 nitrogen and oxygen atoms in total. The maximum Gasteiger partial charge on any atom is 0.248 e. The zero-order chi connectivity index (χ0) is 18.0. The van der Waals surface area contributed by atoms with E-state index in [2.05, 4.69) is 5.32 Å². The highest BCUT2D eigenvalue weighted by atomic mass is 35.5. The van der Waals surface area contributed by atoms with Gasteiger partial charge in [-0.15, -0.1) is 11.3 Å². The Hall–Kier alpha value is -1.70. The van der Waals surface area contributed by atoms with Gasteiger partial charge in [0, 0.05) is 22.7 Å². The van der Waals surface area contributed by atoms with E-state index in [0.717, 1.165) is 33.6 Å². The van der Waals surface area contributed by atoms with E-state index in [1.807, 2.05) is 49.5 Å². The maximum absolute atomic E-state index is 12.0. The standard InChI is InChI=1S/C18H17ClN2O2S2/c1-21-11-12-6-7-13(14-4-2-3-5-17(14)19)16(10-12)15-8-9-24-18(15)25(20,22)23/h2-10,21H,11H2,1H3,(H2,20,22,23). The molecule has 0 amide bonds. The Morgan fingerprint density at radius 3 is 2.48 bits per heavy atom. The molecule has 2 aromatic carbocycles. The highest BCUT2D eigenvalue weighted by Crippen LogP contribution is 2.40. The summed E-state index contributed by atoms with van der Waals surface area (Å²) in [5, 5.41) is 10.8. The Bertz CT molecular complexity index is 1010. The summed E-state index contributed by atoms with van der Waals surface area (Å²) in [6.07, 6.45) is 0. The average molecular weight is 393 g/mol. The lowest BCUT2D eigenvalue weighted by molar-refractivity contribution is 0.600. The molecule has 130 valence electrons. The van der Waals surface area contributed by atoms with Crippen molar-refractivity contribution in [1.29, 1.82) is 0 Å². The van der Waals surface area contributed by atoms with Gasteiger partial charge in [-0.05, 0) is 47.3 Å². The molecule has 0 radical (unpaired) electrons. The van der Waals surface area contributed by atoms with Crippen LogP contribution in [0.15, 0.2) is 58.1 Å². The summed E-state index contributed by atoms with van der Waals surface area (Å²) >= 11 is 7.49. The van der Waals surface area contributed by atoms with Crippen LogP contribution in [-0.4, -0.2) is 15.5 Å². The second-order valence-electron chi connectivity index (χ2n) is 5.56. The summed E-state index contributed by atoms with van der Waals surface area (Å²) in [5.41, 5.74) is 4.15. The first kappa shape index (κ1) is 18.1. The fourth-order valence-electron chi connectivity index (χ4n) is 2.76. The van der Waals surface area contributed by atoms with Gasteiger partial charge in [-0.1, -0.05) is 41.9 Å². The van der Waals surface area contributed by atoms with Gasteiger partial charge in [0.25, 0.3) is 0 Å². The van der Waals surface area contributed by atoms with Crippen LogP contribution in [0, 0.1) is 0 Å². The number of hydrogen-bond donors (Lipinski definition) is 2. The molecule has 0 saturated heterocycles. The lowest BCUT2D eigenvalue weighted by Gasteiger charge is -2.14. The van der Waals surface area contributed by atoms with Crippen LogP contribution in [0.1, 0.15) is 5.56 Å². The molecule has 0 saturated carbocycles. The SMILES string of the molecule is CNCc1ccc(-c2ccccc2Cl)c(-c2ccsc2S(N)(=O)=O)c1. The van der Waals surface area contributed by atoms with Gasteiger partial charge in [-0.2, -0.15) is 0 Å². The molecule has 0 aliphatic heterocycles. The highest BCUT2D eigenvalue weighted by Gasteiger charge is 2.20. The molecule has 0 spiro atoms. The van der Waals surface area contributed by atoms with E-state index in [1.165, 1.54) is 0 Å². The number of sulfonamides is 1. The molecule has 0 fully saturated rings. The van der Waals surface area contributed by atoms with Gasteiger partial charge in [0.05, 0.1) is 0 Å². The van der Waals surface area contributed by atoms with Crippen molar-refractivity contribution in [3.8, 4) is 22.3 Å². The summed E-state index contributed by atoms with van der Waals surface area (Å²) in [6.45, 7) is 0.671. The van der Waals surface area contributed by atoms with Crippen molar-refractivity contribution < 1.29 is 8.42 Å². The number of benzene rings is 2. The summed E-state index contributed by atoms with van der Waals surface area (Å²) in [4.78, 5) is 0. The molecule has 3 rings (SSSR count). The first-order valence-electron chi connectivity index (χ1n) is 7.55. The van der Waals surface area contributed by atoms with Crippen molar-refractivity contribution in [2.75, 3.05) is 7.05 Å². The number of nitrogens with two attached hydrogens (primary N) is 1. The number of thiophene rings is 1. The van der Waals surface area contributed by atoms with E-state index in [1.54, 1.807) is 11.4 Å². The molecule has 1 aromatic heterocycles. The normalized spacial score (nSPS) is 11.6. The van der Waals surface area contributed by atoms with E-state index in [0.29, 0.717) is 17.1 Å². The van der Waals surface area contributed by atoms with E-state index in [-0.39, 0.29) is 4.21 Å². The number of primary sulfonamides is 1. The lowest BCUT2D eigenvalue weighted by Crippen LogP contribution is -2.11. The molecule has 25 heavy (non-hydrogen) atoms. The fraction of sp³-hybridized carbons (Fsp3) is 0.111. The van der Waals surface area contributed by atoms with Crippen LogP contribution < -0.4 is 10.5 Å². The highest BCUT2D eigenvalue weighted by molar-refractivity contribution is 7.91. The van der Waals surface area contributed by atoms with Gasteiger partial charge in [0.15, 0.2) is 0 Å². The summed E-state index contributed by atoms with van der Waals surface area (Å²) in [7, 11) is -1.94. The van der Waals surface area contributed by atoms with Crippen LogP contribution in [0.4, 0.5) is 0 Å². The van der Waals surface area contributed by atoms with E-state index in [4.69, 9.17) is 16.7 Å². The minimum Gasteiger partial charge on any atom is -0.316 e. The molecule has 0 aliphatic rings. The minimum absolute atomic E-state index is 0.155. The van der Waals surface area contributed by atoms with Gasteiger partial charge in [-0.3, -0.25) is 0 Å². The summed E-state index contributed by atoms with van der Waals surface area (Å²) in [5.74, 6) is 0. The molecule has 3 N–H and O–H groups in total. The van der Waals surface area contributed by atoms with E-state index in [9.17, 15) is 8.42 Å². The predicted octanol–water partition coefficient (Wildman–Crippen LogP) is 4.10. The molecule has 0 bridgehead atoms. The van der Waals surface area contributed by atoms with Crippen molar-refractivity contribution in [3.63, 3.8) is 0 Å². The smallest absolute Gasteiger partial charge is 0.248 e. The van der Waals surface area contributed by atoms with Crippen molar-refractivity contribution >= 4 is 33.0 Å². The van der Waals surface area contributed by atoms with E-state index >= 15 is 0 Å². The topological polar surface area (TPSA) is 72.2 Å². The van der Waals surface area contributed by atoms with Crippen molar-refractivity contribution in [1.82, 2.24) is 5.32 Å². The Morgan fingerprint density at radius 2 is 1.80 bits per heavy atom. The zero-order valence-electron chi connectivity index (χ0n) is 13.5. The Kier molecular flexibility index (Phi) is 5.27. The van der Waals surface area contributed by atoms with Gasteiger partial charge in [-0.25, -0.2) is 13.6 Å². The first-order valence-corrected chi connectivity index (χ1v) is 10.4. The van der Waals surface area contributed by atoms with Crippen LogP contribution in [0.25, 0.3) is 22.3 Å². The van der Waals surface area contributed by atoms with Crippen LogP contribution in [0.5, 0.6) is 0 Å². The molecule has 3 aromatic rings. The van der Waals surface area contributed by atoms with E-state index < -0.39 is 10.0 Å². The molecule has 0 unspecified atom stereocenters. The Balaban J connectivity index is 2.29. The maximum atomic E-state index is 12.0. The minimum atomic E-state index is -3.80. The fourth-order valence-corrected chi connectivity index (χ4v) is 4.82. The van der Waals surface area contributed by atoms with Crippen LogP contribution in [0.2, 0.25) is 5.02 Å². The molecule has 1 heterocycles. The van der Waals surface area contributed by atoms with Crippen molar-refractivity contribution in [2.24, 2.45) is 5.14 Å². The van der Waals surface area contributed by atoms with Gasteiger partial charge in [0.1, 0.15) is 4.21 Å². The summed E-state index contributed by atoms with van der Waals surface area (Å²) in [6, 6.07) is 15.2. The number of nitrogens with one attached hydrogen (secondary N) is 1. The number of rotatable bonds is 5. The molecule has 7 heteroatoms. The number of hydrogen-bond acceptors (Lipinski definition) is 4. The monoisotopic (exact) mass is 392 g/mol. The van der Waals surface area contributed by atoms with Crippen LogP contribution >= 0.6 is 22.9 Å².